The largest absolute Gasteiger partial charge is 0.368 e. The van der Waals surface area contributed by atoms with Gasteiger partial charge < -0.3 is 15.2 Å². The molecule has 2 aromatic heterocycles. The quantitative estimate of drug-likeness (QED) is 0.776. The van der Waals surface area contributed by atoms with Gasteiger partial charge in [0.1, 0.15) is 12.1 Å². The summed E-state index contributed by atoms with van der Waals surface area (Å²) in [6.45, 7) is 3.77. The Balaban J connectivity index is 1.47. The van der Waals surface area contributed by atoms with Crippen LogP contribution in [0.5, 0.6) is 0 Å². The maximum Gasteiger partial charge on any atom is 0.132 e. The molecule has 0 aliphatic carbocycles. The van der Waals surface area contributed by atoms with Crippen LogP contribution in [0.15, 0.2) is 42.9 Å². The zero-order chi connectivity index (χ0) is 15.5. The summed E-state index contributed by atoms with van der Waals surface area (Å²) in [6, 6.07) is 10.6. The predicted molar refractivity (Wildman–Crippen MR) is 92.7 cm³/mol. The Bertz CT molecular complexity index is 808. The van der Waals surface area contributed by atoms with E-state index in [9.17, 15) is 0 Å². The molecule has 23 heavy (non-hydrogen) atoms. The van der Waals surface area contributed by atoms with Crippen LogP contribution < -0.4 is 10.6 Å². The summed E-state index contributed by atoms with van der Waals surface area (Å²) >= 11 is 0. The Kier molecular flexibility index (Phi) is 3.94. The van der Waals surface area contributed by atoms with Gasteiger partial charge in [-0.3, -0.25) is 0 Å². The van der Waals surface area contributed by atoms with Gasteiger partial charge in [0.2, 0.25) is 0 Å². The lowest BCUT2D eigenvalue weighted by Gasteiger charge is -2.13. The van der Waals surface area contributed by atoms with Gasteiger partial charge in [0, 0.05) is 43.3 Å². The number of para-hydroxylation sites is 1. The number of anilines is 1. The number of hydrogen-bond acceptors (Lipinski definition) is 4. The van der Waals surface area contributed by atoms with E-state index in [-0.39, 0.29) is 0 Å². The van der Waals surface area contributed by atoms with E-state index < -0.39 is 0 Å². The number of rotatable bonds is 4. The standard InChI is InChI=1S/C18H21N5/c1-2-4-17-14(3-1)7-11-23(17)12-10-20-18-15-5-8-19-9-6-16(15)21-13-22-18/h1-4,7,11,13,19H,5-6,8-10,12H2,(H,20,21,22). The maximum absolute atomic E-state index is 4.46. The number of hydrogen-bond donors (Lipinski definition) is 2. The molecule has 0 saturated carbocycles. The van der Waals surface area contributed by atoms with Crippen LogP contribution in [0.4, 0.5) is 5.82 Å². The molecule has 1 aromatic carbocycles. The molecule has 3 heterocycles. The van der Waals surface area contributed by atoms with Gasteiger partial charge in [-0.05, 0) is 30.5 Å². The van der Waals surface area contributed by atoms with Crippen molar-refractivity contribution < 1.29 is 0 Å². The summed E-state index contributed by atoms with van der Waals surface area (Å²) in [4.78, 5) is 8.90. The molecule has 118 valence electrons. The van der Waals surface area contributed by atoms with E-state index in [1.807, 2.05) is 0 Å². The lowest BCUT2D eigenvalue weighted by Crippen LogP contribution is -2.16. The smallest absolute Gasteiger partial charge is 0.132 e. The molecule has 0 spiro atoms. The molecule has 1 aliphatic heterocycles. The molecule has 0 fully saturated rings. The number of aromatic nitrogens is 3. The molecular formula is C18H21N5. The third kappa shape index (κ3) is 2.92. The van der Waals surface area contributed by atoms with Gasteiger partial charge >= 0.3 is 0 Å². The number of nitrogens with zero attached hydrogens (tertiary/aromatic N) is 3. The van der Waals surface area contributed by atoms with Crippen molar-refractivity contribution in [3.05, 3.63) is 54.1 Å². The first-order chi connectivity index (χ1) is 11.4. The van der Waals surface area contributed by atoms with Crippen LogP contribution in [-0.4, -0.2) is 34.2 Å². The average Bonchev–Trinajstić information content (AvgIpc) is 2.83. The highest BCUT2D eigenvalue weighted by Gasteiger charge is 2.13. The van der Waals surface area contributed by atoms with Crippen molar-refractivity contribution in [2.24, 2.45) is 0 Å². The molecule has 0 atom stereocenters. The van der Waals surface area contributed by atoms with Crippen LogP contribution in [0, 0.1) is 0 Å². The normalized spacial score (nSPS) is 14.4. The predicted octanol–water partition coefficient (Wildman–Crippen LogP) is 2.23. The first-order valence-corrected chi connectivity index (χ1v) is 8.23. The SMILES string of the molecule is c1ccc2c(c1)ccn2CCNc1ncnc2c1CCNCC2. The summed E-state index contributed by atoms with van der Waals surface area (Å²) in [5.74, 6) is 0.996. The Morgan fingerprint density at radius 3 is 3.00 bits per heavy atom. The van der Waals surface area contributed by atoms with E-state index >= 15 is 0 Å². The van der Waals surface area contributed by atoms with Gasteiger partial charge in [0.15, 0.2) is 0 Å². The maximum atomic E-state index is 4.46. The Morgan fingerprint density at radius 2 is 2.00 bits per heavy atom. The Labute approximate surface area is 135 Å². The second-order valence-electron chi connectivity index (χ2n) is 5.89. The third-order valence-electron chi connectivity index (χ3n) is 4.45. The molecule has 0 radical (unpaired) electrons. The van der Waals surface area contributed by atoms with Crippen molar-refractivity contribution in [3.8, 4) is 0 Å². The lowest BCUT2D eigenvalue weighted by molar-refractivity contribution is 0.708. The third-order valence-corrected chi connectivity index (χ3v) is 4.45. The van der Waals surface area contributed by atoms with Gasteiger partial charge in [0.05, 0.1) is 5.69 Å². The molecule has 3 aromatic rings. The van der Waals surface area contributed by atoms with Gasteiger partial charge in [0.25, 0.3) is 0 Å². The van der Waals surface area contributed by atoms with Crippen molar-refractivity contribution in [1.82, 2.24) is 19.9 Å². The molecule has 4 rings (SSSR count). The lowest BCUT2D eigenvalue weighted by atomic mass is 10.1. The molecule has 0 amide bonds. The molecule has 0 bridgehead atoms. The molecule has 5 heteroatoms. The minimum atomic E-state index is 0.857. The summed E-state index contributed by atoms with van der Waals surface area (Å²) in [5, 5.41) is 8.21. The van der Waals surface area contributed by atoms with Gasteiger partial charge in [-0.15, -0.1) is 0 Å². The molecule has 0 saturated heterocycles. The minimum absolute atomic E-state index is 0.857. The van der Waals surface area contributed by atoms with Crippen molar-refractivity contribution in [2.45, 2.75) is 19.4 Å². The second-order valence-corrected chi connectivity index (χ2v) is 5.89. The molecule has 1 aliphatic rings. The number of fused-ring (bicyclic) bond motifs is 2. The van der Waals surface area contributed by atoms with Gasteiger partial charge in [-0.25, -0.2) is 9.97 Å². The first kappa shape index (κ1) is 14.2. The number of benzene rings is 1. The number of nitrogens with one attached hydrogen (secondary N) is 2. The molecule has 0 unspecified atom stereocenters. The highest BCUT2D eigenvalue weighted by atomic mass is 15.1. The topological polar surface area (TPSA) is 54.8 Å². The second kappa shape index (κ2) is 6.38. The van der Waals surface area contributed by atoms with Crippen LogP contribution in [0.3, 0.4) is 0 Å². The van der Waals surface area contributed by atoms with Crippen molar-refractivity contribution >= 4 is 16.7 Å². The van der Waals surface area contributed by atoms with E-state index in [0.717, 1.165) is 44.8 Å². The van der Waals surface area contributed by atoms with Crippen LogP contribution in [0.1, 0.15) is 11.3 Å². The van der Waals surface area contributed by atoms with Crippen LogP contribution in [0.25, 0.3) is 10.9 Å². The molecule has 2 N–H and O–H groups in total. The van der Waals surface area contributed by atoms with Crippen LogP contribution in [0.2, 0.25) is 0 Å². The highest BCUT2D eigenvalue weighted by molar-refractivity contribution is 5.79. The van der Waals surface area contributed by atoms with E-state index in [2.05, 4.69) is 61.7 Å². The van der Waals surface area contributed by atoms with E-state index in [1.54, 1.807) is 6.33 Å². The average molecular weight is 307 g/mol. The van der Waals surface area contributed by atoms with Crippen molar-refractivity contribution in [1.29, 1.82) is 0 Å². The summed E-state index contributed by atoms with van der Waals surface area (Å²) < 4.78 is 2.28. The molecule has 5 nitrogen and oxygen atoms in total. The van der Waals surface area contributed by atoms with Gasteiger partial charge in [-0.1, -0.05) is 18.2 Å². The van der Waals surface area contributed by atoms with Gasteiger partial charge in [-0.2, -0.15) is 0 Å². The zero-order valence-electron chi connectivity index (χ0n) is 13.1. The van der Waals surface area contributed by atoms with Crippen molar-refractivity contribution in [2.75, 3.05) is 25.0 Å². The first-order valence-electron chi connectivity index (χ1n) is 8.23. The summed E-state index contributed by atoms with van der Waals surface area (Å²) in [5.41, 5.74) is 3.73. The Morgan fingerprint density at radius 1 is 1.09 bits per heavy atom. The highest BCUT2D eigenvalue weighted by Crippen LogP contribution is 2.18. The monoisotopic (exact) mass is 307 g/mol. The fraction of sp³-hybridized carbons (Fsp3) is 0.333. The fourth-order valence-corrected chi connectivity index (χ4v) is 3.25. The van der Waals surface area contributed by atoms with E-state index in [1.165, 1.54) is 22.2 Å². The fourth-order valence-electron chi connectivity index (χ4n) is 3.25. The van der Waals surface area contributed by atoms with Crippen LogP contribution >= 0.6 is 0 Å². The summed E-state index contributed by atoms with van der Waals surface area (Å²) in [6.07, 6.45) is 5.80. The zero-order valence-corrected chi connectivity index (χ0v) is 13.1. The molecular weight excluding hydrogens is 286 g/mol. The van der Waals surface area contributed by atoms with E-state index in [4.69, 9.17) is 0 Å². The van der Waals surface area contributed by atoms with Crippen molar-refractivity contribution in [3.63, 3.8) is 0 Å². The summed E-state index contributed by atoms with van der Waals surface area (Å²) in [7, 11) is 0. The van der Waals surface area contributed by atoms with Crippen LogP contribution in [-0.2, 0) is 19.4 Å². The Hall–Kier alpha value is -2.40. The minimum Gasteiger partial charge on any atom is -0.368 e. The van der Waals surface area contributed by atoms with E-state index in [0.29, 0.717) is 0 Å².